The average molecular weight is 625 g/mol. The monoisotopic (exact) mass is 624 g/mol. The number of furan rings is 1. The first kappa shape index (κ1) is 27.5. The predicted molar refractivity (Wildman–Crippen MR) is 204 cm³/mol. The zero-order valence-corrected chi connectivity index (χ0v) is 26.5. The highest BCUT2D eigenvalue weighted by Crippen LogP contribution is 2.39. The van der Waals surface area contributed by atoms with E-state index < -0.39 is 0 Å². The summed E-state index contributed by atoms with van der Waals surface area (Å²) in [4.78, 5) is 9.41. The molecule has 0 fully saturated rings. The molecule has 10 aromatic rings. The van der Waals surface area contributed by atoms with Crippen LogP contribution in [0.3, 0.4) is 0 Å². The standard InChI is InChI=1S/C46H28N2O/c1-2-17-39-37(15-1)42-28-34(21-22-40(42)45-44(39)47-23-24-48-45)32-12-6-10-30(26-32)29-9-5-11-31(25-29)33-13-7-14-35(27-33)36-18-8-19-41-38-16-3-4-20-43(38)49-46(36)41/h1-28H. The van der Waals surface area contributed by atoms with Crippen molar-refractivity contribution in [1.82, 2.24) is 9.97 Å². The second kappa shape index (κ2) is 11.0. The van der Waals surface area contributed by atoms with Crippen molar-refractivity contribution in [2.75, 3.05) is 0 Å². The first-order valence-corrected chi connectivity index (χ1v) is 16.6. The number of nitrogens with zero attached hydrogens (tertiary/aromatic N) is 2. The minimum atomic E-state index is 0.913. The molecule has 0 N–H and O–H groups in total. The molecule has 228 valence electrons. The molecule has 0 unspecified atom stereocenters. The second-order valence-electron chi connectivity index (χ2n) is 12.6. The van der Waals surface area contributed by atoms with Crippen molar-refractivity contribution < 1.29 is 4.42 Å². The molecule has 2 aromatic heterocycles. The van der Waals surface area contributed by atoms with Gasteiger partial charge >= 0.3 is 0 Å². The molecular formula is C46H28N2O. The van der Waals surface area contributed by atoms with E-state index in [9.17, 15) is 0 Å². The Morgan fingerprint density at radius 2 is 0.816 bits per heavy atom. The zero-order valence-electron chi connectivity index (χ0n) is 26.5. The molecule has 0 amide bonds. The van der Waals surface area contributed by atoms with Crippen LogP contribution in [0, 0.1) is 0 Å². The van der Waals surface area contributed by atoms with Crippen molar-refractivity contribution in [2.24, 2.45) is 0 Å². The van der Waals surface area contributed by atoms with Gasteiger partial charge in [-0.25, -0.2) is 0 Å². The third kappa shape index (κ3) is 4.51. The van der Waals surface area contributed by atoms with Gasteiger partial charge in [-0.1, -0.05) is 127 Å². The van der Waals surface area contributed by atoms with Crippen molar-refractivity contribution in [3.63, 3.8) is 0 Å². The van der Waals surface area contributed by atoms with Crippen molar-refractivity contribution in [2.45, 2.75) is 0 Å². The molecule has 0 saturated carbocycles. The van der Waals surface area contributed by atoms with Crippen LogP contribution in [0.5, 0.6) is 0 Å². The highest BCUT2D eigenvalue weighted by molar-refractivity contribution is 6.23. The molecule has 3 heteroatoms. The summed E-state index contributed by atoms with van der Waals surface area (Å²) in [6, 6.07) is 56.3. The Morgan fingerprint density at radius 3 is 1.49 bits per heavy atom. The van der Waals surface area contributed by atoms with Crippen LogP contribution in [-0.4, -0.2) is 9.97 Å². The van der Waals surface area contributed by atoms with Crippen LogP contribution in [0.4, 0.5) is 0 Å². The fourth-order valence-corrected chi connectivity index (χ4v) is 7.41. The summed E-state index contributed by atoms with van der Waals surface area (Å²) in [5.41, 5.74) is 13.0. The number of aromatic nitrogens is 2. The third-order valence-electron chi connectivity index (χ3n) is 9.75. The largest absolute Gasteiger partial charge is 0.455 e. The highest BCUT2D eigenvalue weighted by atomic mass is 16.3. The number of hydrogen-bond acceptors (Lipinski definition) is 3. The van der Waals surface area contributed by atoms with E-state index in [1.54, 1.807) is 12.4 Å². The number of hydrogen-bond donors (Lipinski definition) is 0. The highest BCUT2D eigenvalue weighted by Gasteiger charge is 2.14. The summed E-state index contributed by atoms with van der Waals surface area (Å²) < 4.78 is 6.37. The molecule has 0 radical (unpaired) electrons. The van der Waals surface area contributed by atoms with E-state index in [0.29, 0.717) is 0 Å². The Morgan fingerprint density at radius 1 is 0.327 bits per heavy atom. The SMILES string of the molecule is c1cc(-c2cccc(-c3ccc4c(c3)c3ccccc3c3nccnc43)c2)cc(-c2cccc(-c3cccc4c3oc3ccccc34)c2)c1. The first-order chi connectivity index (χ1) is 24.3. The zero-order chi connectivity index (χ0) is 32.3. The number of benzene rings is 8. The van der Waals surface area contributed by atoms with Crippen LogP contribution in [0.25, 0.3) is 99.0 Å². The lowest BCUT2D eigenvalue weighted by Gasteiger charge is -2.12. The molecule has 8 aromatic carbocycles. The Labute approximate surface area is 282 Å². The van der Waals surface area contributed by atoms with E-state index in [1.165, 1.54) is 44.2 Å². The van der Waals surface area contributed by atoms with Crippen LogP contribution in [0.2, 0.25) is 0 Å². The summed E-state index contributed by atoms with van der Waals surface area (Å²) in [5.74, 6) is 0. The Bertz CT molecular complexity index is 2870. The van der Waals surface area contributed by atoms with Gasteiger partial charge in [-0.2, -0.15) is 0 Å². The second-order valence-corrected chi connectivity index (χ2v) is 12.6. The minimum absolute atomic E-state index is 0.913. The maximum Gasteiger partial charge on any atom is 0.143 e. The molecule has 2 heterocycles. The topological polar surface area (TPSA) is 38.9 Å². The van der Waals surface area contributed by atoms with Crippen molar-refractivity contribution in [1.29, 1.82) is 0 Å². The first-order valence-electron chi connectivity index (χ1n) is 16.6. The van der Waals surface area contributed by atoms with Crippen LogP contribution < -0.4 is 0 Å². The van der Waals surface area contributed by atoms with Gasteiger partial charge in [0.2, 0.25) is 0 Å². The molecule has 49 heavy (non-hydrogen) atoms. The van der Waals surface area contributed by atoms with Gasteiger partial charge in [0.1, 0.15) is 11.2 Å². The maximum absolute atomic E-state index is 6.37. The van der Waals surface area contributed by atoms with Crippen LogP contribution in [-0.2, 0) is 0 Å². The number of para-hydroxylation sites is 2. The summed E-state index contributed by atoms with van der Waals surface area (Å²) in [6.07, 6.45) is 3.55. The lowest BCUT2D eigenvalue weighted by molar-refractivity contribution is 0.670. The van der Waals surface area contributed by atoms with Gasteiger partial charge in [-0.3, -0.25) is 9.97 Å². The summed E-state index contributed by atoms with van der Waals surface area (Å²) in [6.45, 7) is 0. The molecule has 0 atom stereocenters. The lowest BCUT2D eigenvalue weighted by atomic mass is 9.93. The molecule has 0 aliphatic carbocycles. The minimum Gasteiger partial charge on any atom is -0.455 e. The normalized spacial score (nSPS) is 11.7. The number of rotatable bonds is 4. The smallest absolute Gasteiger partial charge is 0.143 e. The molecule has 0 aliphatic heterocycles. The molecule has 0 spiro atoms. The molecule has 0 bridgehead atoms. The van der Waals surface area contributed by atoms with Gasteiger partial charge in [-0.15, -0.1) is 0 Å². The van der Waals surface area contributed by atoms with Crippen LogP contribution in [0.15, 0.2) is 175 Å². The summed E-state index contributed by atoms with van der Waals surface area (Å²) in [7, 11) is 0. The van der Waals surface area contributed by atoms with E-state index in [2.05, 4.69) is 151 Å². The summed E-state index contributed by atoms with van der Waals surface area (Å²) in [5, 5.41) is 6.90. The Kier molecular flexibility index (Phi) is 6.18. The quantitative estimate of drug-likeness (QED) is 0.183. The van der Waals surface area contributed by atoms with Gasteiger partial charge in [0, 0.05) is 39.5 Å². The fraction of sp³-hybridized carbons (Fsp3) is 0. The summed E-state index contributed by atoms with van der Waals surface area (Å²) >= 11 is 0. The molecule has 3 nitrogen and oxygen atoms in total. The molecule has 0 aliphatic rings. The van der Waals surface area contributed by atoms with Crippen molar-refractivity contribution in [3.05, 3.63) is 170 Å². The Balaban J connectivity index is 1.04. The van der Waals surface area contributed by atoms with Crippen molar-refractivity contribution >= 4 is 54.5 Å². The van der Waals surface area contributed by atoms with E-state index in [1.807, 2.05) is 12.1 Å². The van der Waals surface area contributed by atoms with Crippen LogP contribution in [0.1, 0.15) is 0 Å². The average Bonchev–Trinajstić information content (AvgIpc) is 3.57. The molecular weight excluding hydrogens is 597 g/mol. The van der Waals surface area contributed by atoms with Gasteiger partial charge in [0.25, 0.3) is 0 Å². The molecule has 10 rings (SSSR count). The van der Waals surface area contributed by atoms with Crippen LogP contribution >= 0.6 is 0 Å². The van der Waals surface area contributed by atoms with Gasteiger partial charge in [-0.05, 0) is 80.0 Å². The van der Waals surface area contributed by atoms with Crippen molar-refractivity contribution in [3.8, 4) is 44.5 Å². The van der Waals surface area contributed by atoms with E-state index >= 15 is 0 Å². The van der Waals surface area contributed by atoms with Gasteiger partial charge < -0.3 is 4.42 Å². The van der Waals surface area contributed by atoms with E-state index in [-0.39, 0.29) is 0 Å². The molecule has 0 saturated heterocycles. The predicted octanol–water partition coefficient (Wildman–Crippen LogP) is 12.5. The fourth-order valence-electron chi connectivity index (χ4n) is 7.41. The van der Waals surface area contributed by atoms with Gasteiger partial charge in [0.05, 0.1) is 11.0 Å². The Hall–Kier alpha value is -6.58. The number of fused-ring (bicyclic) bond motifs is 9. The maximum atomic E-state index is 6.37. The van der Waals surface area contributed by atoms with E-state index in [4.69, 9.17) is 9.40 Å². The van der Waals surface area contributed by atoms with E-state index in [0.717, 1.165) is 54.9 Å². The third-order valence-corrected chi connectivity index (χ3v) is 9.75. The lowest BCUT2D eigenvalue weighted by Crippen LogP contribution is -1.89. The van der Waals surface area contributed by atoms with Gasteiger partial charge in [0.15, 0.2) is 0 Å².